The van der Waals surface area contributed by atoms with Crippen molar-refractivity contribution in [1.82, 2.24) is 15.0 Å². The van der Waals surface area contributed by atoms with Crippen molar-refractivity contribution >= 4 is 0 Å². The molecule has 0 aliphatic rings. The highest BCUT2D eigenvalue weighted by atomic mass is 16.3. The second kappa shape index (κ2) is 7.01. The minimum absolute atomic E-state index is 0.256. The predicted octanol–water partition coefficient (Wildman–Crippen LogP) is 4.73. The summed E-state index contributed by atoms with van der Waals surface area (Å²) in [5, 5.41) is 10.0. The Morgan fingerprint density at radius 2 is 1.44 bits per heavy atom. The first-order chi connectivity index (χ1) is 11.9. The number of nitrogens with zero attached hydrogens (tertiary/aromatic N) is 3. The molecule has 0 aliphatic carbocycles. The monoisotopic (exact) mass is 333 g/mol. The van der Waals surface area contributed by atoms with Gasteiger partial charge in [-0.1, -0.05) is 56.3 Å². The minimum Gasteiger partial charge on any atom is -0.479 e. The zero-order chi connectivity index (χ0) is 18.0. The molecule has 0 atom stereocenters. The molecule has 4 nitrogen and oxygen atoms in total. The van der Waals surface area contributed by atoms with Crippen molar-refractivity contribution in [1.29, 1.82) is 0 Å². The summed E-state index contributed by atoms with van der Waals surface area (Å²) in [5.41, 5.74) is 5.25. The molecule has 0 saturated heterocycles. The van der Waals surface area contributed by atoms with Crippen LogP contribution in [0.1, 0.15) is 30.5 Å². The number of hydrogen-bond donors (Lipinski definition) is 1. The first kappa shape index (κ1) is 17.1. The second-order valence-corrected chi connectivity index (χ2v) is 6.84. The van der Waals surface area contributed by atoms with E-state index < -0.39 is 0 Å². The molecule has 0 spiro atoms. The van der Waals surface area contributed by atoms with Crippen LogP contribution >= 0.6 is 0 Å². The molecule has 4 heteroatoms. The van der Waals surface area contributed by atoms with Crippen LogP contribution in [0.3, 0.4) is 0 Å². The van der Waals surface area contributed by atoms with Gasteiger partial charge in [0.1, 0.15) is 0 Å². The van der Waals surface area contributed by atoms with Gasteiger partial charge in [0.15, 0.2) is 11.6 Å². The molecule has 3 rings (SSSR count). The van der Waals surface area contributed by atoms with Crippen LogP contribution in [0.2, 0.25) is 0 Å². The fourth-order valence-electron chi connectivity index (χ4n) is 3.03. The highest BCUT2D eigenvalue weighted by Crippen LogP contribution is 2.27. The largest absolute Gasteiger partial charge is 0.479 e. The van der Waals surface area contributed by atoms with Crippen LogP contribution in [0.5, 0.6) is 6.01 Å². The van der Waals surface area contributed by atoms with E-state index in [1.54, 1.807) is 0 Å². The molecule has 0 saturated carbocycles. The van der Waals surface area contributed by atoms with Gasteiger partial charge < -0.3 is 5.11 Å². The summed E-state index contributed by atoms with van der Waals surface area (Å²) in [6, 6.07) is 14.0. The van der Waals surface area contributed by atoms with Crippen LogP contribution in [0.4, 0.5) is 0 Å². The lowest BCUT2D eigenvalue weighted by molar-refractivity contribution is 0.430. The molecule has 0 amide bonds. The molecular formula is C21H23N3O. The summed E-state index contributed by atoms with van der Waals surface area (Å²) in [6.07, 6.45) is 1.04. The maximum atomic E-state index is 10.0. The van der Waals surface area contributed by atoms with E-state index in [9.17, 15) is 5.11 Å². The number of aromatic nitrogens is 3. The molecular weight excluding hydrogens is 310 g/mol. The van der Waals surface area contributed by atoms with Crippen LogP contribution in [0, 0.1) is 19.8 Å². The summed E-state index contributed by atoms with van der Waals surface area (Å²) in [6.45, 7) is 8.44. The van der Waals surface area contributed by atoms with Crippen LogP contribution < -0.4 is 0 Å². The maximum absolute atomic E-state index is 10.0. The topological polar surface area (TPSA) is 58.9 Å². The Kier molecular flexibility index (Phi) is 4.79. The summed E-state index contributed by atoms with van der Waals surface area (Å²) in [7, 11) is 0. The van der Waals surface area contributed by atoms with E-state index in [1.807, 2.05) is 44.2 Å². The van der Waals surface area contributed by atoms with E-state index in [0.717, 1.165) is 28.7 Å². The Morgan fingerprint density at radius 3 is 2.04 bits per heavy atom. The van der Waals surface area contributed by atoms with E-state index >= 15 is 0 Å². The van der Waals surface area contributed by atoms with Crippen LogP contribution in [0.15, 0.2) is 42.5 Å². The fourth-order valence-corrected chi connectivity index (χ4v) is 3.03. The summed E-state index contributed by atoms with van der Waals surface area (Å²) < 4.78 is 0. The van der Waals surface area contributed by atoms with Crippen molar-refractivity contribution in [2.24, 2.45) is 5.92 Å². The molecule has 0 bridgehead atoms. The molecule has 2 aromatic carbocycles. The second-order valence-electron chi connectivity index (χ2n) is 6.84. The van der Waals surface area contributed by atoms with Gasteiger partial charge in [-0.2, -0.15) is 9.97 Å². The smallest absolute Gasteiger partial charge is 0.318 e. The lowest BCUT2D eigenvalue weighted by Crippen LogP contribution is -1.99. The van der Waals surface area contributed by atoms with Gasteiger partial charge in [0.05, 0.1) is 0 Å². The SMILES string of the molecule is Cc1cccc(C)c1-c1nc(O)nc(-c2ccc(CC(C)C)cc2)n1. The zero-order valence-corrected chi connectivity index (χ0v) is 15.1. The minimum atomic E-state index is -0.256. The van der Waals surface area contributed by atoms with E-state index in [0.29, 0.717) is 17.6 Å². The number of rotatable bonds is 4. The molecule has 1 N–H and O–H groups in total. The number of benzene rings is 2. The van der Waals surface area contributed by atoms with E-state index in [4.69, 9.17) is 0 Å². The van der Waals surface area contributed by atoms with Crippen molar-refractivity contribution in [3.63, 3.8) is 0 Å². The highest BCUT2D eigenvalue weighted by molar-refractivity contribution is 5.67. The van der Waals surface area contributed by atoms with E-state index in [1.165, 1.54) is 5.56 Å². The van der Waals surface area contributed by atoms with Gasteiger partial charge in [0.2, 0.25) is 0 Å². The number of aryl methyl sites for hydroxylation is 2. The lowest BCUT2D eigenvalue weighted by Gasteiger charge is -2.10. The van der Waals surface area contributed by atoms with Gasteiger partial charge in [0.25, 0.3) is 0 Å². The first-order valence-electron chi connectivity index (χ1n) is 8.55. The third-order valence-electron chi connectivity index (χ3n) is 4.18. The molecule has 128 valence electrons. The van der Waals surface area contributed by atoms with Crippen molar-refractivity contribution in [3.8, 4) is 28.8 Å². The average molecular weight is 333 g/mol. The Bertz CT molecular complexity index is 866. The van der Waals surface area contributed by atoms with Crippen molar-refractivity contribution in [3.05, 3.63) is 59.2 Å². The highest BCUT2D eigenvalue weighted by Gasteiger charge is 2.13. The fraction of sp³-hybridized carbons (Fsp3) is 0.286. The molecule has 0 unspecified atom stereocenters. The van der Waals surface area contributed by atoms with Crippen molar-refractivity contribution in [2.45, 2.75) is 34.1 Å². The summed E-state index contributed by atoms with van der Waals surface area (Å²) in [5.74, 6) is 1.60. The standard InChI is InChI=1S/C21H23N3O/c1-13(2)12-16-8-10-17(11-9-16)19-22-20(24-21(25)23-19)18-14(3)6-5-7-15(18)4/h5-11,13H,12H2,1-4H3,(H,22,23,24,25). The molecule has 3 aromatic rings. The number of aromatic hydroxyl groups is 1. The number of hydrogen-bond acceptors (Lipinski definition) is 4. The third kappa shape index (κ3) is 3.85. The van der Waals surface area contributed by atoms with Crippen molar-refractivity contribution in [2.75, 3.05) is 0 Å². The molecule has 25 heavy (non-hydrogen) atoms. The van der Waals surface area contributed by atoms with Gasteiger partial charge in [-0.25, -0.2) is 4.98 Å². The lowest BCUT2D eigenvalue weighted by atomic mass is 10.0. The van der Waals surface area contributed by atoms with Gasteiger partial charge in [0, 0.05) is 11.1 Å². The molecule has 1 aromatic heterocycles. The van der Waals surface area contributed by atoms with E-state index in [-0.39, 0.29) is 6.01 Å². The van der Waals surface area contributed by atoms with Gasteiger partial charge in [-0.15, -0.1) is 0 Å². The average Bonchev–Trinajstić information content (AvgIpc) is 2.54. The normalized spacial score (nSPS) is 11.1. The predicted molar refractivity (Wildman–Crippen MR) is 100 cm³/mol. The Labute approximate surface area is 148 Å². The Morgan fingerprint density at radius 1 is 0.840 bits per heavy atom. The quantitative estimate of drug-likeness (QED) is 0.750. The van der Waals surface area contributed by atoms with E-state index in [2.05, 4.69) is 40.9 Å². The summed E-state index contributed by atoms with van der Waals surface area (Å²) in [4.78, 5) is 12.9. The molecule has 0 radical (unpaired) electrons. The van der Waals surface area contributed by atoms with Crippen LogP contribution in [-0.2, 0) is 6.42 Å². The van der Waals surface area contributed by atoms with Gasteiger partial charge in [-0.3, -0.25) is 0 Å². The Hall–Kier alpha value is -2.75. The van der Waals surface area contributed by atoms with Crippen molar-refractivity contribution < 1.29 is 5.11 Å². The molecule has 0 fully saturated rings. The van der Waals surface area contributed by atoms with Gasteiger partial charge in [-0.05, 0) is 42.9 Å². The van der Waals surface area contributed by atoms with Crippen LogP contribution in [-0.4, -0.2) is 20.1 Å². The molecule has 1 heterocycles. The van der Waals surface area contributed by atoms with Gasteiger partial charge >= 0.3 is 6.01 Å². The summed E-state index contributed by atoms with van der Waals surface area (Å²) >= 11 is 0. The third-order valence-corrected chi connectivity index (χ3v) is 4.18. The van der Waals surface area contributed by atoms with Crippen LogP contribution in [0.25, 0.3) is 22.8 Å². The molecule has 0 aliphatic heterocycles. The zero-order valence-electron chi connectivity index (χ0n) is 15.1. The first-order valence-corrected chi connectivity index (χ1v) is 8.55. The Balaban J connectivity index is 2.03. The maximum Gasteiger partial charge on any atom is 0.318 e.